The molecule has 2 N–H and O–H groups in total. The number of nitrogens with two attached hydrogens (primary N) is 1. The van der Waals surface area contributed by atoms with Gasteiger partial charge in [0.1, 0.15) is 0 Å². The molecule has 3 fully saturated rings. The summed E-state index contributed by atoms with van der Waals surface area (Å²) in [7, 11) is 1.48. The first-order valence-corrected chi connectivity index (χ1v) is 12.7. The lowest BCUT2D eigenvalue weighted by atomic mass is 9.59. The van der Waals surface area contributed by atoms with Gasteiger partial charge >= 0.3 is 0 Å². The Kier molecular flexibility index (Phi) is 4.84. The maximum absolute atomic E-state index is 14.0. The summed E-state index contributed by atoms with van der Waals surface area (Å²) >= 11 is 1.35. The monoisotopic (exact) mass is 502 g/mol. The molecule has 10 heteroatoms. The molecule has 2 aromatic carbocycles. The minimum atomic E-state index is -1.26. The van der Waals surface area contributed by atoms with E-state index in [0.29, 0.717) is 17.2 Å². The van der Waals surface area contributed by atoms with Crippen LogP contribution in [-0.4, -0.2) is 45.1 Å². The van der Waals surface area contributed by atoms with E-state index in [2.05, 4.69) is 15.3 Å². The Bertz CT molecular complexity index is 1370. The number of benzene rings is 2. The fourth-order valence-corrected chi connectivity index (χ4v) is 8.44. The predicted molar refractivity (Wildman–Crippen MR) is 136 cm³/mol. The van der Waals surface area contributed by atoms with Gasteiger partial charge in [0.25, 0.3) is 5.91 Å². The van der Waals surface area contributed by atoms with Gasteiger partial charge in [0, 0.05) is 11.8 Å². The molecule has 6 atom stereocenters. The number of amides is 3. The molecule has 2 aromatic rings. The zero-order chi connectivity index (χ0) is 25.6. The number of azo groups is 1. The molecule has 6 rings (SSSR count). The molecule has 0 saturated carbocycles. The van der Waals surface area contributed by atoms with Crippen molar-refractivity contribution in [3.05, 3.63) is 59.7 Å². The summed E-state index contributed by atoms with van der Waals surface area (Å²) in [5.74, 6) is -3.35. The molecule has 0 aliphatic carbocycles. The number of imide groups is 1. The van der Waals surface area contributed by atoms with Crippen molar-refractivity contribution in [3.63, 3.8) is 0 Å². The Hall–Kier alpha value is -3.37. The number of hydrogen-bond donors (Lipinski definition) is 1. The van der Waals surface area contributed by atoms with Crippen LogP contribution in [-0.2, 0) is 14.4 Å². The highest BCUT2D eigenvalue weighted by molar-refractivity contribution is 8.02. The van der Waals surface area contributed by atoms with E-state index in [1.807, 2.05) is 69.3 Å². The van der Waals surface area contributed by atoms with E-state index in [9.17, 15) is 14.4 Å². The molecule has 184 valence electrons. The summed E-state index contributed by atoms with van der Waals surface area (Å²) < 4.78 is -0.832. The van der Waals surface area contributed by atoms with Crippen LogP contribution in [0.4, 0.5) is 11.4 Å². The van der Waals surface area contributed by atoms with Gasteiger partial charge < -0.3 is 5.73 Å². The zero-order valence-corrected chi connectivity index (χ0v) is 21.2. The van der Waals surface area contributed by atoms with E-state index in [-0.39, 0.29) is 17.7 Å². The number of carbonyl (C=O) groups excluding carboxylic acids is 3. The van der Waals surface area contributed by atoms with Gasteiger partial charge in [-0.1, -0.05) is 35.4 Å². The fraction of sp³-hybridized carbons (Fsp3) is 0.385. The van der Waals surface area contributed by atoms with Crippen molar-refractivity contribution in [1.82, 2.24) is 4.90 Å². The van der Waals surface area contributed by atoms with Gasteiger partial charge in [-0.05, 0) is 45.0 Å². The second-order valence-electron chi connectivity index (χ2n) is 10.3. The van der Waals surface area contributed by atoms with Gasteiger partial charge in [-0.25, -0.2) is 0 Å². The second-order valence-corrected chi connectivity index (χ2v) is 12.1. The lowest BCUT2D eigenvalue weighted by Crippen LogP contribution is -2.64. The van der Waals surface area contributed by atoms with Crippen LogP contribution in [0.1, 0.15) is 18.1 Å². The first-order chi connectivity index (χ1) is 17.1. The zero-order valence-electron chi connectivity index (χ0n) is 20.4. The van der Waals surface area contributed by atoms with E-state index in [4.69, 9.17) is 5.73 Å². The van der Waals surface area contributed by atoms with Gasteiger partial charge in [0.2, 0.25) is 11.8 Å². The van der Waals surface area contributed by atoms with Crippen molar-refractivity contribution < 1.29 is 14.4 Å². The van der Waals surface area contributed by atoms with E-state index >= 15 is 0 Å². The highest BCUT2D eigenvalue weighted by Crippen LogP contribution is 2.72. The van der Waals surface area contributed by atoms with Crippen LogP contribution in [0, 0.1) is 37.5 Å². The number of fused-ring (bicyclic) bond motifs is 8. The average Bonchev–Trinajstić information content (AvgIpc) is 3.35. The number of likely N-dealkylation sites (tertiary alicyclic amines) is 1. The number of carbonyl (C=O) groups is 3. The molecule has 6 unspecified atom stereocenters. The number of amidine groups is 1. The van der Waals surface area contributed by atoms with Crippen molar-refractivity contribution in [3.8, 4) is 0 Å². The van der Waals surface area contributed by atoms with Crippen molar-refractivity contribution in [2.75, 3.05) is 12.1 Å². The minimum absolute atomic E-state index is 0.269. The average molecular weight is 503 g/mol. The topological polar surface area (TPSA) is 121 Å². The minimum Gasteiger partial charge on any atom is -0.315 e. The van der Waals surface area contributed by atoms with Gasteiger partial charge in [0.05, 0.1) is 39.9 Å². The normalized spacial score (nSPS) is 35.0. The summed E-state index contributed by atoms with van der Waals surface area (Å²) in [5.41, 5.74) is 10.3. The summed E-state index contributed by atoms with van der Waals surface area (Å²) in [4.78, 5) is 40.2. The number of thioether (sulfide) groups is 1. The molecule has 0 radical (unpaired) electrons. The van der Waals surface area contributed by atoms with Crippen LogP contribution in [0.5, 0.6) is 0 Å². The Morgan fingerprint density at radius 3 is 2.03 bits per heavy atom. The molecule has 3 saturated heterocycles. The number of nitrogens with zero attached hydrogens (tertiary/aromatic N) is 5. The van der Waals surface area contributed by atoms with Crippen LogP contribution >= 0.6 is 11.8 Å². The number of anilines is 1. The van der Waals surface area contributed by atoms with E-state index in [1.165, 1.54) is 23.8 Å². The lowest BCUT2D eigenvalue weighted by molar-refractivity contribution is -0.138. The molecule has 9 nitrogen and oxygen atoms in total. The Morgan fingerprint density at radius 2 is 1.39 bits per heavy atom. The molecule has 4 heterocycles. The van der Waals surface area contributed by atoms with Gasteiger partial charge in [-0.15, -0.1) is 27.1 Å². The van der Waals surface area contributed by atoms with Crippen LogP contribution in [0.15, 0.2) is 63.9 Å². The quantitative estimate of drug-likeness (QED) is 0.499. The predicted octanol–water partition coefficient (Wildman–Crippen LogP) is 3.38. The highest BCUT2D eigenvalue weighted by atomic mass is 32.2. The van der Waals surface area contributed by atoms with E-state index in [1.54, 1.807) is 0 Å². The number of rotatable bonds is 2. The first kappa shape index (κ1) is 23.1. The van der Waals surface area contributed by atoms with Gasteiger partial charge in [-0.3, -0.25) is 19.3 Å². The molecule has 0 spiro atoms. The molecule has 4 aliphatic rings. The van der Waals surface area contributed by atoms with Crippen molar-refractivity contribution >= 4 is 46.7 Å². The van der Waals surface area contributed by atoms with Crippen LogP contribution < -0.4 is 10.7 Å². The summed E-state index contributed by atoms with van der Waals surface area (Å²) in [6, 6.07) is 15.0. The lowest BCUT2D eigenvalue weighted by Gasteiger charge is -2.45. The standard InChI is InChI=1S/C26H26N6O3S/c1-13-5-9-15(10-6-13)28-29-21-17-19(24(35)32(30-21)16-11-7-14(2)8-12-16)26(27)20-18(25(17,3)36-26)22(33)31(4)23(20)34/h5-12,17-20H,27H2,1-4H3. The first-order valence-electron chi connectivity index (χ1n) is 11.8. The summed E-state index contributed by atoms with van der Waals surface area (Å²) in [5, 5.41) is 14.9. The molecule has 3 amide bonds. The SMILES string of the molecule is Cc1ccc(N=NC2=NN(c3ccc(C)cc3)C(=O)C3C2C2(C)SC3(N)C3C(=O)N(C)C(=O)C32)cc1. The molecule has 2 bridgehead atoms. The summed E-state index contributed by atoms with van der Waals surface area (Å²) in [6.07, 6.45) is 0. The van der Waals surface area contributed by atoms with Crippen molar-refractivity contribution in [1.29, 1.82) is 0 Å². The third kappa shape index (κ3) is 2.94. The van der Waals surface area contributed by atoms with E-state index < -0.39 is 33.3 Å². The van der Waals surface area contributed by atoms with Crippen LogP contribution in [0.3, 0.4) is 0 Å². The van der Waals surface area contributed by atoms with Gasteiger partial charge in [-0.2, -0.15) is 5.01 Å². The maximum atomic E-state index is 14.0. The van der Waals surface area contributed by atoms with Crippen LogP contribution in [0.25, 0.3) is 0 Å². The second kappa shape index (κ2) is 7.57. The Balaban J connectivity index is 1.51. The third-order valence-electron chi connectivity index (χ3n) is 8.00. The molecule has 0 aromatic heterocycles. The van der Waals surface area contributed by atoms with Gasteiger partial charge in [0.15, 0.2) is 5.84 Å². The smallest absolute Gasteiger partial charge is 0.254 e. The summed E-state index contributed by atoms with van der Waals surface area (Å²) in [6.45, 7) is 5.86. The Morgan fingerprint density at radius 1 is 0.833 bits per heavy atom. The highest BCUT2D eigenvalue weighted by Gasteiger charge is 2.81. The van der Waals surface area contributed by atoms with E-state index in [0.717, 1.165) is 16.0 Å². The maximum Gasteiger partial charge on any atom is 0.254 e. The largest absolute Gasteiger partial charge is 0.315 e. The fourth-order valence-electron chi connectivity index (χ4n) is 6.21. The molecule has 4 aliphatic heterocycles. The molecular weight excluding hydrogens is 476 g/mol. The third-order valence-corrected chi connectivity index (χ3v) is 9.81. The number of hydrogen-bond acceptors (Lipinski definition) is 8. The number of hydrazone groups is 1. The number of aryl methyl sites for hydroxylation is 2. The molecule has 36 heavy (non-hydrogen) atoms. The molecular formula is C26H26N6O3S. The van der Waals surface area contributed by atoms with Crippen molar-refractivity contribution in [2.24, 2.45) is 44.7 Å². The Labute approximate surface area is 212 Å². The van der Waals surface area contributed by atoms with Crippen LogP contribution in [0.2, 0.25) is 0 Å². The van der Waals surface area contributed by atoms with Crippen molar-refractivity contribution in [2.45, 2.75) is 30.4 Å².